The molecule has 0 unspecified atom stereocenters. The Kier molecular flexibility index (Phi) is 6.46. The molecule has 0 aliphatic heterocycles. The van der Waals surface area contributed by atoms with Gasteiger partial charge in [0.25, 0.3) is 11.8 Å². The third kappa shape index (κ3) is 4.42. The number of rotatable bonds is 5. The predicted molar refractivity (Wildman–Crippen MR) is 109 cm³/mol. The summed E-state index contributed by atoms with van der Waals surface area (Å²) in [5, 5.41) is 4.85. The molecule has 0 fully saturated rings. The first-order valence-corrected chi connectivity index (χ1v) is 9.30. The van der Waals surface area contributed by atoms with E-state index in [1.165, 1.54) is 6.26 Å². The molecule has 3 rings (SSSR count). The van der Waals surface area contributed by atoms with Crippen LogP contribution in [-0.4, -0.2) is 16.8 Å². The van der Waals surface area contributed by atoms with Crippen LogP contribution in [0.25, 0.3) is 0 Å². The minimum Gasteiger partial charge on any atom is -0.467 e. The molecule has 0 bridgehead atoms. The van der Waals surface area contributed by atoms with E-state index in [1.54, 1.807) is 36.4 Å². The zero-order valence-corrected chi connectivity index (χ0v) is 17.0. The van der Waals surface area contributed by atoms with Crippen molar-refractivity contribution in [1.29, 1.82) is 0 Å². The lowest BCUT2D eigenvalue weighted by molar-refractivity contribution is 0.0949. The van der Waals surface area contributed by atoms with Crippen LogP contribution in [-0.2, 0) is 6.54 Å². The molecule has 1 aromatic carbocycles. The first kappa shape index (κ1) is 20.5. The van der Waals surface area contributed by atoms with Crippen LogP contribution in [0.5, 0.6) is 0 Å². The highest BCUT2D eigenvalue weighted by Crippen LogP contribution is 2.36. The van der Waals surface area contributed by atoms with E-state index < -0.39 is 11.8 Å². The highest BCUT2D eigenvalue weighted by atomic mass is 35.5. The van der Waals surface area contributed by atoms with Crippen molar-refractivity contribution in [3.05, 3.63) is 79.9 Å². The van der Waals surface area contributed by atoms with Gasteiger partial charge in [-0.3, -0.25) is 9.59 Å². The number of nitrogens with zero attached hydrogens (tertiary/aromatic N) is 1. The highest BCUT2D eigenvalue weighted by Gasteiger charge is 2.22. The van der Waals surface area contributed by atoms with E-state index in [0.717, 1.165) is 0 Å². The lowest BCUT2D eigenvalue weighted by atomic mass is 10.1. The Bertz CT molecular complexity index is 1040. The van der Waals surface area contributed by atoms with Crippen molar-refractivity contribution in [3.63, 3.8) is 0 Å². The van der Waals surface area contributed by atoms with Gasteiger partial charge in [0.1, 0.15) is 16.6 Å². The summed E-state index contributed by atoms with van der Waals surface area (Å²) in [5.74, 6) is -0.508. The molecule has 0 saturated heterocycles. The van der Waals surface area contributed by atoms with Gasteiger partial charge in [-0.05, 0) is 24.3 Å². The largest absolute Gasteiger partial charge is 0.467 e. The van der Waals surface area contributed by atoms with Crippen molar-refractivity contribution in [2.45, 2.75) is 6.54 Å². The summed E-state index contributed by atoms with van der Waals surface area (Å²) in [4.78, 5) is 29.0. The number of carbonyl (C=O) groups is 2. The minimum absolute atomic E-state index is 0.0532. The van der Waals surface area contributed by atoms with Gasteiger partial charge in [0.05, 0.1) is 39.1 Å². The summed E-state index contributed by atoms with van der Waals surface area (Å²) in [6.45, 7) is 0.198. The summed E-state index contributed by atoms with van der Waals surface area (Å²) in [6, 6.07) is 9.90. The molecule has 2 aromatic heterocycles. The zero-order chi connectivity index (χ0) is 20.3. The number of carbonyl (C=O) groups excluding carboxylic acids is 2. The fraction of sp³-hybridized carbons (Fsp3) is 0.0556. The van der Waals surface area contributed by atoms with Crippen molar-refractivity contribution < 1.29 is 14.0 Å². The van der Waals surface area contributed by atoms with Crippen molar-refractivity contribution in [2.24, 2.45) is 0 Å². The van der Waals surface area contributed by atoms with Gasteiger partial charge in [-0.25, -0.2) is 4.98 Å². The van der Waals surface area contributed by atoms with Crippen molar-refractivity contribution >= 4 is 63.9 Å². The number of nitrogens with one attached hydrogen (secondary N) is 2. The number of furan rings is 1. The Morgan fingerprint density at radius 3 is 2.39 bits per heavy atom. The van der Waals surface area contributed by atoms with Gasteiger partial charge >= 0.3 is 0 Å². The molecule has 2 heterocycles. The van der Waals surface area contributed by atoms with E-state index in [0.29, 0.717) is 5.76 Å². The maximum Gasteiger partial charge on any atom is 0.275 e. The van der Waals surface area contributed by atoms with E-state index in [2.05, 4.69) is 15.6 Å². The second-order valence-corrected chi connectivity index (χ2v) is 6.95. The van der Waals surface area contributed by atoms with E-state index >= 15 is 0 Å². The number of para-hydroxylation sites is 1. The second-order valence-electron chi connectivity index (χ2n) is 5.45. The average Bonchev–Trinajstić information content (AvgIpc) is 3.21. The highest BCUT2D eigenvalue weighted by molar-refractivity contribution is 6.52. The van der Waals surface area contributed by atoms with Crippen LogP contribution >= 0.6 is 46.4 Å². The fourth-order valence-corrected chi connectivity index (χ4v) is 3.10. The summed E-state index contributed by atoms with van der Waals surface area (Å²) in [7, 11) is 0. The maximum absolute atomic E-state index is 12.6. The molecule has 0 radical (unpaired) electrons. The number of hydrogen-bond donors (Lipinski definition) is 2. The van der Waals surface area contributed by atoms with Crippen LogP contribution in [0.1, 0.15) is 26.6 Å². The molecule has 28 heavy (non-hydrogen) atoms. The molecular formula is C18H11Cl4N3O3. The molecule has 0 saturated carbocycles. The summed E-state index contributed by atoms with van der Waals surface area (Å²) < 4.78 is 5.17. The number of pyridine rings is 1. The number of amides is 2. The lowest BCUT2D eigenvalue weighted by Crippen LogP contribution is -2.25. The Balaban J connectivity index is 1.82. The van der Waals surface area contributed by atoms with Gasteiger partial charge in [-0.15, -0.1) is 0 Å². The van der Waals surface area contributed by atoms with Crippen LogP contribution in [0.15, 0.2) is 47.1 Å². The third-order valence-electron chi connectivity index (χ3n) is 3.62. The van der Waals surface area contributed by atoms with Gasteiger partial charge in [-0.1, -0.05) is 58.5 Å². The quantitative estimate of drug-likeness (QED) is 0.496. The van der Waals surface area contributed by atoms with Crippen LogP contribution in [0.3, 0.4) is 0 Å². The Morgan fingerprint density at radius 1 is 0.929 bits per heavy atom. The van der Waals surface area contributed by atoms with Crippen LogP contribution in [0, 0.1) is 0 Å². The predicted octanol–water partition coefficient (Wildman–Crippen LogP) is 5.47. The Morgan fingerprint density at radius 2 is 1.68 bits per heavy atom. The minimum atomic E-state index is -0.697. The second kappa shape index (κ2) is 8.84. The summed E-state index contributed by atoms with van der Waals surface area (Å²) >= 11 is 23.7. The van der Waals surface area contributed by atoms with Gasteiger partial charge in [-0.2, -0.15) is 0 Å². The molecule has 144 valence electrons. The topological polar surface area (TPSA) is 84.2 Å². The molecule has 0 atom stereocenters. The number of hydrogen-bond acceptors (Lipinski definition) is 4. The number of aromatic nitrogens is 1. The number of benzene rings is 1. The van der Waals surface area contributed by atoms with Crippen molar-refractivity contribution in [3.8, 4) is 0 Å². The van der Waals surface area contributed by atoms with Gasteiger partial charge in [0.2, 0.25) is 0 Å². The third-order valence-corrected chi connectivity index (χ3v) is 5.30. The first-order chi connectivity index (χ1) is 13.4. The van der Waals surface area contributed by atoms with Crippen molar-refractivity contribution in [1.82, 2.24) is 10.3 Å². The van der Waals surface area contributed by atoms with Gasteiger partial charge < -0.3 is 15.1 Å². The molecule has 2 N–H and O–H groups in total. The maximum atomic E-state index is 12.6. The SMILES string of the molecule is O=C(NCc1ccco1)c1ccccc1NC(=O)c1nc(Cl)c(Cl)c(Cl)c1Cl. The Hall–Kier alpha value is -2.25. The molecule has 0 aliphatic carbocycles. The van der Waals surface area contributed by atoms with Crippen LogP contribution in [0.4, 0.5) is 5.69 Å². The molecule has 3 aromatic rings. The number of halogens is 4. The van der Waals surface area contributed by atoms with Crippen molar-refractivity contribution in [2.75, 3.05) is 5.32 Å². The normalized spacial score (nSPS) is 10.6. The molecule has 2 amide bonds. The number of anilines is 1. The van der Waals surface area contributed by atoms with E-state index in [1.807, 2.05) is 0 Å². The van der Waals surface area contributed by atoms with Gasteiger partial charge in [0.15, 0.2) is 0 Å². The van der Waals surface area contributed by atoms with Gasteiger partial charge in [0, 0.05) is 0 Å². The summed E-state index contributed by atoms with van der Waals surface area (Å²) in [5.41, 5.74) is 0.279. The zero-order valence-electron chi connectivity index (χ0n) is 13.9. The van der Waals surface area contributed by atoms with E-state index in [4.69, 9.17) is 50.8 Å². The molecule has 0 aliphatic rings. The monoisotopic (exact) mass is 457 g/mol. The van der Waals surface area contributed by atoms with Crippen LogP contribution < -0.4 is 10.6 Å². The molecule has 0 spiro atoms. The van der Waals surface area contributed by atoms with E-state index in [-0.39, 0.29) is 43.7 Å². The lowest BCUT2D eigenvalue weighted by Gasteiger charge is -2.12. The first-order valence-electron chi connectivity index (χ1n) is 7.79. The average molecular weight is 459 g/mol. The molecular weight excluding hydrogens is 448 g/mol. The standard InChI is InChI=1S/C18H11Cl4N3O3/c19-12-13(20)15(25-16(22)14(12)21)18(27)24-11-6-2-1-5-10(11)17(26)23-8-9-4-3-7-28-9/h1-7H,8H2,(H,23,26)(H,24,27). The van der Waals surface area contributed by atoms with Crippen LogP contribution in [0.2, 0.25) is 20.2 Å². The Labute approximate surface area is 179 Å². The fourth-order valence-electron chi connectivity index (χ4n) is 2.29. The van der Waals surface area contributed by atoms with E-state index in [9.17, 15) is 9.59 Å². The summed E-state index contributed by atoms with van der Waals surface area (Å²) in [6.07, 6.45) is 1.51. The molecule has 10 heteroatoms. The smallest absolute Gasteiger partial charge is 0.275 e. The molecule has 6 nitrogen and oxygen atoms in total.